The van der Waals surface area contributed by atoms with E-state index in [4.69, 9.17) is 9.39 Å². The van der Waals surface area contributed by atoms with Gasteiger partial charge in [0.05, 0.1) is 18.3 Å². The molecule has 6 heteroatoms. The SMILES string of the molecule is COc1ccc(B(O)OC(C)(C)C(C)(C)O)cc1O. The minimum Gasteiger partial charge on any atom is -0.504 e. The predicted molar refractivity (Wildman–Crippen MR) is 73.7 cm³/mol. The van der Waals surface area contributed by atoms with Crippen LogP contribution < -0.4 is 10.2 Å². The summed E-state index contributed by atoms with van der Waals surface area (Å²) in [5.41, 5.74) is -1.69. The van der Waals surface area contributed by atoms with Gasteiger partial charge in [-0.2, -0.15) is 0 Å². The van der Waals surface area contributed by atoms with Crippen molar-refractivity contribution in [3.05, 3.63) is 18.2 Å². The van der Waals surface area contributed by atoms with Gasteiger partial charge < -0.3 is 24.6 Å². The maximum absolute atomic E-state index is 10.0. The minimum absolute atomic E-state index is 0.0799. The van der Waals surface area contributed by atoms with E-state index in [1.807, 2.05) is 0 Å². The zero-order valence-corrected chi connectivity index (χ0v) is 12.0. The fraction of sp³-hybridized carbons (Fsp3) is 0.538. The quantitative estimate of drug-likeness (QED) is 0.683. The third-order valence-corrected chi connectivity index (χ3v) is 3.37. The number of benzene rings is 1. The highest BCUT2D eigenvalue weighted by Gasteiger charge is 2.39. The van der Waals surface area contributed by atoms with Gasteiger partial charge >= 0.3 is 7.12 Å². The maximum atomic E-state index is 10.0. The van der Waals surface area contributed by atoms with Crippen LogP contribution in [0, 0.1) is 0 Å². The molecule has 0 aliphatic heterocycles. The van der Waals surface area contributed by atoms with Crippen LogP contribution in [-0.2, 0) is 4.65 Å². The van der Waals surface area contributed by atoms with Crippen LogP contribution in [0.25, 0.3) is 0 Å². The number of rotatable bonds is 5. The molecule has 0 bridgehead atoms. The number of phenols is 1. The first-order chi connectivity index (χ1) is 8.58. The number of hydrogen-bond donors (Lipinski definition) is 3. The number of hydrogen-bond acceptors (Lipinski definition) is 5. The van der Waals surface area contributed by atoms with E-state index in [0.29, 0.717) is 11.2 Å². The van der Waals surface area contributed by atoms with Crippen LogP contribution >= 0.6 is 0 Å². The van der Waals surface area contributed by atoms with Crippen LogP contribution in [0.15, 0.2) is 18.2 Å². The lowest BCUT2D eigenvalue weighted by atomic mass is 9.76. The van der Waals surface area contributed by atoms with Gasteiger partial charge in [-0.15, -0.1) is 0 Å². The number of aliphatic hydroxyl groups is 1. The van der Waals surface area contributed by atoms with E-state index in [2.05, 4.69) is 0 Å². The second kappa shape index (κ2) is 5.40. The first-order valence-electron chi connectivity index (χ1n) is 6.03. The van der Waals surface area contributed by atoms with Gasteiger partial charge in [0.15, 0.2) is 11.5 Å². The van der Waals surface area contributed by atoms with Crippen molar-refractivity contribution in [1.82, 2.24) is 0 Å². The van der Waals surface area contributed by atoms with Gasteiger partial charge in [-0.1, -0.05) is 6.07 Å². The Morgan fingerprint density at radius 1 is 1.16 bits per heavy atom. The fourth-order valence-corrected chi connectivity index (χ4v) is 1.35. The van der Waals surface area contributed by atoms with Crippen molar-refractivity contribution in [2.24, 2.45) is 0 Å². The maximum Gasteiger partial charge on any atom is 0.491 e. The smallest absolute Gasteiger partial charge is 0.491 e. The molecule has 0 aliphatic rings. The molecule has 1 rings (SSSR count). The summed E-state index contributed by atoms with van der Waals surface area (Å²) < 4.78 is 10.4. The molecule has 0 atom stereocenters. The van der Waals surface area contributed by atoms with Gasteiger partial charge in [-0.05, 0) is 45.3 Å². The Balaban J connectivity index is 2.90. The largest absolute Gasteiger partial charge is 0.504 e. The molecule has 1 aromatic carbocycles. The summed E-state index contributed by atoms with van der Waals surface area (Å²) in [5, 5.41) is 29.7. The summed E-state index contributed by atoms with van der Waals surface area (Å²) in [4.78, 5) is 0. The molecule has 3 N–H and O–H groups in total. The molecule has 0 unspecified atom stereocenters. The van der Waals surface area contributed by atoms with E-state index in [0.717, 1.165) is 0 Å². The standard InChI is InChI=1S/C13H21BO5/c1-12(2,16)13(3,4)19-14(17)9-6-7-11(18-5)10(15)8-9/h6-8,15-17H,1-5H3. The second-order valence-electron chi connectivity index (χ2n) is 5.47. The Hall–Kier alpha value is -1.24. The summed E-state index contributed by atoms with van der Waals surface area (Å²) in [6, 6.07) is 4.49. The molecule has 0 heterocycles. The minimum atomic E-state index is -1.25. The molecule has 0 amide bonds. The average molecular weight is 268 g/mol. The van der Waals surface area contributed by atoms with E-state index < -0.39 is 18.3 Å². The highest BCUT2D eigenvalue weighted by molar-refractivity contribution is 6.60. The van der Waals surface area contributed by atoms with Crippen molar-refractivity contribution in [2.45, 2.75) is 38.9 Å². The Morgan fingerprint density at radius 2 is 1.74 bits per heavy atom. The van der Waals surface area contributed by atoms with Gasteiger partial charge in [0.25, 0.3) is 0 Å². The average Bonchev–Trinajstić information content (AvgIpc) is 2.26. The Morgan fingerprint density at radius 3 is 2.16 bits per heavy atom. The van der Waals surface area contributed by atoms with Crippen LogP contribution in [0.5, 0.6) is 11.5 Å². The summed E-state index contributed by atoms with van der Waals surface area (Å²) in [7, 11) is 0.192. The van der Waals surface area contributed by atoms with Crippen LogP contribution in [0.3, 0.4) is 0 Å². The topological polar surface area (TPSA) is 79.2 Å². The molecule has 19 heavy (non-hydrogen) atoms. The van der Waals surface area contributed by atoms with Gasteiger partial charge in [0, 0.05) is 0 Å². The number of aromatic hydroxyl groups is 1. The molecule has 0 saturated heterocycles. The zero-order valence-electron chi connectivity index (χ0n) is 12.0. The molecule has 0 spiro atoms. The van der Waals surface area contributed by atoms with Gasteiger partial charge in [0.2, 0.25) is 0 Å². The normalized spacial score (nSPS) is 12.4. The zero-order chi connectivity index (χ0) is 14.8. The van der Waals surface area contributed by atoms with E-state index in [1.54, 1.807) is 33.8 Å². The first kappa shape index (κ1) is 15.8. The Labute approximate surface area is 113 Å². The molecule has 0 radical (unpaired) electrons. The van der Waals surface area contributed by atoms with Crippen LogP contribution in [0.4, 0.5) is 0 Å². The lowest BCUT2D eigenvalue weighted by molar-refractivity contribution is -0.0982. The van der Waals surface area contributed by atoms with Crippen molar-refractivity contribution in [3.63, 3.8) is 0 Å². The third kappa shape index (κ3) is 3.62. The summed E-state index contributed by atoms with van der Waals surface area (Å²) in [5.74, 6) is 0.237. The molecular formula is C13H21BO5. The third-order valence-electron chi connectivity index (χ3n) is 3.37. The Bertz CT molecular complexity index is 439. The highest BCUT2D eigenvalue weighted by Crippen LogP contribution is 2.26. The molecule has 1 aromatic rings. The van der Waals surface area contributed by atoms with Crippen LogP contribution in [-0.4, -0.2) is 40.7 Å². The lowest BCUT2D eigenvalue weighted by Crippen LogP contribution is -2.53. The van der Waals surface area contributed by atoms with Crippen molar-refractivity contribution < 1.29 is 24.6 Å². The van der Waals surface area contributed by atoms with Crippen molar-refractivity contribution >= 4 is 12.6 Å². The van der Waals surface area contributed by atoms with Gasteiger partial charge in [-0.3, -0.25) is 0 Å². The van der Waals surface area contributed by atoms with Crippen LogP contribution in [0.1, 0.15) is 27.7 Å². The summed E-state index contributed by atoms with van der Waals surface area (Å²) >= 11 is 0. The van der Waals surface area contributed by atoms with Crippen molar-refractivity contribution in [1.29, 1.82) is 0 Å². The van der Waals surface area contributed by atoms with E-state index in [-0.39, 0.29) is 5.75 Å². The van der Waals surface area contributed by atoms with Crippen molar-refractivity contribution in [3.8, 4) is 11.5 Å². The molecular weight excluding hydrogens is 247 g/mol. The number of phenolic OH excluding ortho intramolecular Hbond substituents is 1. The second-order valence-corrected chi connectivity index (χ2v) is 5.47. The van der Waals surface area contributed by atoms with Gasteiger partial charge in [0.1, 0.15) is 0 Å². The van der Waals surface area contributed by atoms with Gasteiger partial charge in [-0.25, -0.2) is 0 Å². The molecule has 106 valence electrons. The number of methoxy groups -OCH3 is 1. The Kier molecular flexibility index (Phi) is 4.50. The highest BCUT2D eigenvalue weighted by atomic mass is 16.5. The molecule has 0 aromatic heterocycles. The summed E-state index contributed by atoms with van der Waals surface area (Å²) in [6.07, 6.45) is 0. The first-order valence-corrected chi connectivity index (χ1v) is 6.03. The van der Waals surface area contributed by atoms with Crippen LogP contribution in [0.2, 0.25) is 0 Å². The summed E-state index contributed by atoms with van der Waals surface area (Å²) in [6.45, 7) is 6.57. The number of ether oxygens (including phenoxy) is 1. The molecule has 0 saturated carbocycles. The molecule has 0 aliphatic carbocycles. The van der Waals surface area contributed by atoms with E-state index in [1.165, 1.54) is 19.2 Å². The fourth-order valence-electron chi connectivity index (χ4n) is 1.35. The monoisotopic (exact) mass is 268 g/mol. The van der Waals surface area contributed by atoms with Crippen molar-refractivity contribution in [2.75, 3.05) is 7.11 Å². The predicted octanol–water partition coefficient (Wildman–Crippen LogP) is 0.654. The molecule has 5 nitrogen and oxygen atoms in total. The van der Waals surface area contributed by atoms with E-state index >= 15 is 0 Å². The van der Waals surface area contributed by atoms with E-state index in [9.17, 15) is 15.2 Å². The molecule has 0 fully saturated rings. The lowest BCUT2D eigenvalue weighted by Gasteiger charge is -2.38.